The molecule has 0 aliphatic heterocycles. The number of nitrogen functional groups attached to an aromatic ring is 2. The van der Waals surface area contributed by atoms with E-state index in [9.17, 15) is 0 Å². The van der Waals surface area contributed by atoms with Crippen molar-refractivity contribution in [1.82, 2.24) is 4.98 Å². The van der Waals surface area contributed by atoms with E-state index in [4.69, 9.17) is 22.0 Å². The molecular formula is C7H5N5. The molecule has 0 fully saturated rings. The van der Waals surface area contributed by atoms with Crippen molar-refractivity contribution in [2.45, 2.75) is 0 Å². The number of anilines is 2. The minimum absolute atomic E-state index is 0.0500. The van der Waals surface area contributed by atoms with Crippen LogP contribution in [0.15, 0.2) is 6.20 Å². The van der Waals surface area contributed by atoms with Gasteiger partial charge in [0, 0.05) is 6.20 Å². The van der Waals surface area contributed by atoms with E-state index in [1.54, 1.807) is 12.1 Å². The van der Waals surface area contributed by atoms with Crippen molar-refractivity contribution >= 4 is 11.5 Å². The van der Waals surface area contributed by atoms with Crippen LogP contribution in [0.3, 0.4) is 0 Å². The highest BCUT2D eigenvalue weighted by atomic mass is 14.8. The van der Waals surface area contributed by atoms with Gasteiger partial charge < -0.3 is 11.5 Å². The Bertz CT molecular complexity index is 395. The summed E-state index contributed by atoms with van der Waals surface area (Å²) in [5.41, 5.74) is 11.1. The molecule has 1 aromatic heterocycles. The molecule has 0 saturated carbocycles. The van der Waals surface area contributed by atoms with Gasteiger partial charge in [0.25, 0.3) is 0 Å². The summed E-state index contributed by atoms with van der Waals surface area (Å²) in [5.74, 6) is 0.0500. The monoisotopic (exact) mass is 159 g/mol. The van der Waals surface area contributed by atoms with Crippen molar-refractivity contribution in [3.63, 3.8) is 0 Å². The number of rotatable bonds is 0. The molecule has 0 atom stereocenters. The van der Waals surface area contributed by atoms with Crippen LogP contribution in [0.25, 0.3) is 0 Å². The second-order valence-electron chi connectivity index (χ2n) is 2.07. The van der Waals surface area contributed by atoms with Crippen LogP contribution in [-0.2, 0) is 0 Å². The first-order valence-corrected chi connectivity index (χ1v) is 3.05. The zero-order valence-electron chi connectivity index (χ0n) is 6.07. The second-order valence-corrected chi connectivity index (χ2v) is 2.07. The van der Waals surface area contributed by atoms with Gasteiger partial charge in [-0.3, -0.25) is 0 Å². The van der Waals surface area contributed by atoms with E-state index < -0.39 is 0 Å². The summed E-state index contributed by atoms with van der Waals surface area (Å²) in [5, 5.41) is 17.1. The van der Waals surface area contributed by atoms with E-state index in [0.717, 1.165) is 0 Å². The summed E-state index contributed by atoms with van der Waals surface area (Å²) in [6, 6.07) is 3.58. The van der Waals surface area contributed by atoms with Crippen LogP contribution < -0.4 is 11.5 Å². The summed E-state index contributed by atoms with van der Waals surface area (Å²) >= 11 is 0. The van der Waals surface area contributed by atoms with Gasteiger partial charge in [0.2, 0.25) is 0 Å². The Labute approximate surface area is 68.8 Å². The smallest absolute Gasteiger partial charge is 0.143 e. The highest BCUT2D eigenvalue weighted by molar-refractivity contribution is 5.69. The van der Waals surface area contributed by atoms with E-state index in [-0.39, 0.29) is 22.6 Å². The Morgan fingerprint density at radius 3 is 2.42 bits per heavy atom. The van der Waals surface area contributed by atoms with Gasteiger partial charge in [0.1, 0.15) is 23.5 Å². The van der Waals surface area contributed by atoms with Crippen molar-refractivity contribution in [1.29, 1.82) is 10.5 Å². The molecule has 4 N–H and O–H groups in total. The van der Waals surface area contributed by atoms with E-state index in [1.807, 2.05) is 0 Å². The first-order valence-electron chi connectivity index (χ1n) is 3.05. The van der Waals surface area contributed by atoms with Gasteiger partial charge in [-0.05, 0) is 0 Å². The van der Waals surface area contributed by atoms with Crippen molar-refractivity contribution in [3.8, 4) is 12.1 Å². The lowest BCUT2D eigenvalue weighted by molar-refractivity contribution is 1.29. The summed E-state index contributed by atoms with van der Waals surface area (Å²) < 4.78 is 0. The fourth-order valence-corrected chi connectivity index (χ4v) is 0.747. The van der Waals surface area contributed by atoms with Crippen molar-refractivity contribution in [2.75, 3.05) is 11.5 Å². The maximum atomic E-state index is 8.56. The van der Waals surface area contributed by atoms with E-state index in [2.05, 4.69) is 4.98 Å². The van der Waals surface area contributed by atoms with E-state index >= 15 is 0 Å². The zero-order chi connectivity index (χ0) is 9.14. The van der Waals surface area contributed by atoms with Gasteiger partial charge in [-0.1, -0.05) is 0 Å². The Balaban J connectivity index is 3.50. The molecule has 0 bridgehead atoms. The number of nitrogens with zero attached hydrogens (tertiary/aromatic N) is 3. The normalized spacial score (nSPS) is 8.50. The zero-order valence-corrected chi connectivity index (χ0v) is 6.07. The van der Waals surface area contributed by atoms with Crippen molar-refractivity contribution in [2.24, 2.45) is 0 Å². The molecule has 12 heavy (non-hydrogen) atoms. The average Bonchev–Trinajstić information content (AvgIpc) is 2.06. The minimum atomic E-state index is 0.0500. The van der Waals surface area contributed by atoms with Crippen molar-refractivity contribution in [3.05, 3.63) is 17.3 Å². The van der Waals surface area contributed by atoms with Gasteiger partial charge in [0.15, 0.2) is 0 Å². The number of nitriles is 2. The lowest BCUT2D eigenvalue weighted by Gasteiger charge is -2.00. The van der Waals surface area contributed by atoms with Gasteiger partial charge in [-0.15, -0.1) is 0 Å². The predicted molar refractivity (Wildman–Crippen MR) is 42.5 cm³/mol. The highest BCUT2D eigenvalue weighted by Gasteiger charge is 2.08. The lowest BCUT2D eigenvalue weighted by atomic mass is 10.1. The van der Waals surface area contributed by atoms with Crippen molar-refractivity contribution < 1.29 is 0 Å². The minimum Gasteiger partial charge on any atom is -0.396 e. The molecule has 1 aromatic rings. The highest BCUT2D eigenvalue weighted by Crippen LogP contribution is 2.19. The van der Waals surface area contributed by atoms with Crippen LogP contribution >= 0.6 is 0 Å². The first kappa shape index (κ1) is 7.83. The molecule has 0 saturated heterocycles. The van der Waals surface area contributed by atoms with E-state index in [0.29, 0.717) is 0 Å². The SMILES string of the molecule is N#Cc1cnc(N)c(C#N)c1N. The third-order valence-corrected chi connectivity index (χ3v) is 1.38. The van der Waals surface area contributed by atoms with Crippen LogP contribution in [0.1, 0.15) is 11.1 Å². The average molecular weight is 159 g/mol. The molecule has 58 valence electrons. The molecule has 5 nitrogen and oxygen atoms in total. The maximum absolute atomic E-state index is 8.56. The molecular weight excluding hydrogens is 154 g/mol. The van der Waals surface area contributed by atoms with Gasteiger partial charge in [-0.25, -0.2) is 4.98 Å². The Morgan fingerprint density at radius 1 is 1.25 bits per heavy atom. The molecule has 1 heterocycles. The number of nitrogens with two attached hydrogens (primary N) is 2. The topological polar surface area (TPSA) is 113 Å². The Morgan fingerprint density at radius 2 is 1.92 bits per heavy atom. The molecule has 0 aromatic carbocycles. The molecule has 0 aliphatic carbocycles. The van der Waals surface area contributed by atoms with Crippen LogP contribution in [0.2, 0.25) is 0 Å². The summed E-state index contributed by atoms with van der Waals surface area (Å²) in [6.45, 7) is 0. The van der Waals surface area contributed by atoms with Crippen LogP contribution in [0, 0.1) is 22.7 Å². The fourth-order valence-electron chi connectivity index (χ4n) is 0.747. The molecule has 5 heteroatoms. The number of aromatic nitrogens is 1. The third kappa shape index (κ3) is 0.998. The number of pyridine rings is 1. The fraction of sp³-hybridized carbons (Fsp3) is 0. The second kappa shape index (κ2) is 2.77. The lowest BCUT2D eigenvalue weighted by Crippen LogP contribution is -2.02. The summed E-state index contributed by atoms with van der Waals surface area (Å²) in [7, 11) is 0. The standard InChI is InChI=1S/C7H5N5/c8-1-4-3-12-7(11)5(2-9)6(4)10/h3H,(H4,10,11,12). The van der Waals surface area contributed by atoms with Gasteiger partial charge in [-0.2, -0.15) is 10.5 Å². The third-order valence-electron chi connectivity index (χ3n) is 1.38. The largest absolute Gasteiger partial charge is 0.396 e. The molecule has 1 rings (SSSR count). The predicted octanol–water partition coefficient (Wildman–Crippen LogP) is -0.0106. The number of hydrogen-bond acceptors (Lipinski definition) is 5. The van der Waals surface area contributed by atoms with Crippen LogP contribution in [0.4, 0.5) is 11.5 Å². The van der Waals surface area contributed by atoms with Gasteiger partial charge >= 0.3 is 0 Å². The maximum Gasteiger partial charge on any atom is 0.143 e. The quantitative estimate of drug-likeness (QED) is 0.552. The first-order chi connectivity index (χ1) is 5.70. The molecule has 0 aliphatic rings. The molecule has 0 amide bonds. The van der Waals surface area contributed by atoms with Crippen LogP contribution in [-0.4, -0.2) is 4.98 Å². The van der Waals surface area contributed by atoms with Crippen LogP contribution in [0.5, 0.6) is 0 Å². The van der Waals surface area contributed by atoms with E-state index in [1.165, 1.54) is 6.20 Å². The molecule has 0 unspecified atom stereocenters. The summed E-state index contributed by atoms with van der Waals surface area (Å²) in [4.78, 5) is 3.63. The Kier molecular flexibility index (Phi) is 1.81. The summed E-state index contributed by atoms with van der Waals surface area (Å²) in [6.07, 6.45) is 1.24. The van der Waals surface area contributed by atoms with Gasteiger partial charge in [0.05, 0.1) is 11.3 Å². The molecule has 0 spiro atoms. The molecule has 0 radical (unpaired) electrons. The number of hydrogen-bond donors (Lipinski definition) is 2. The Hall–Kier alpha value is -2.27.